The van der Waals surface area contributed by atoms with Crippen LogP contribution in [0.3, 0.4) is 0 Å². The lowest BCUT2D eigenvalue weighted by Gasteiger charge is -2.33. The molecule has 0 amide bonds. The second-order valence-corrected chi connectivity index (χ2v) is 10.7. The van der Waals surface area contributed by atoms with Gasteiger partial charge in [0.1, 0.15) is 5.82 Å². The average molecular weight is 459 g/mol. The summed E-state index contributed by atoms with van der Waals surface area (Å²) >= 11 is 0. The highest BCUT2D eigenvalue weighted by Gasteiger charge is 2.23. The standard InChI is InChI=1S/C23H34N6O2S/c1-18(19-8-4-3-5-9-19)27-32(30,31)17-12-24-22-20-10-6-7-11-21(20)25-23(26-22)29-15-13-28(2)14-16-29/h3-5,8-9,18,27H,6-7,10-17H2,1-2H3,(H,24,25,26). The van der Waals surface area contributed by atoms with Gasteiger partial charge in [-0.3, -0.25) is 0 Å². The van der Waals surface area contributed by atoms with Gasteiger partial charge < -0.3 is 15.1 Å². The third kappa shape index (κ3) is 5.76. The van der Waals surface area contributed by atoms with Gasteiger partial charge in [-0.2, -0.15) is 4.98 Å². The third-order valence-corrected chi connectivity index (χ3v) is 7.73. The summed E-state index contributed by atoms with van der Waals surface area (Å²) in [7, 11) is -1.30. The molecule has 1 unspecified atom stereocenters. The van der Waals surface area contributed by atoms with E-state index in [1.165, 1.54) is 0 Å². The van der Waals surface area contributed by atoms with Crippen molar-refractivity contribution in [3.8, 4) is 0 Å². The largest absolute Gasteiger partial charge is 0.369 e. The summed E-state index contributed by atoms with van der Waals surface area (Å²) in [4.78, 5) is 14.3. The van der Waals surface area contributed by atoms with Gasteiger partial charge in [-0.25, -0.2) is 18.1 Å². The fourth-order valence-electron chi connectivity index (χ4n) is 4.32. The van der Waals surface area contributed by atoms with Crippen LogP contribution in [0.5, 0.6) is 0 Å². The average Bonchev–Trinajstić information content (AvgIpc) is 2.79. The lowest BCUT2D eigenvalue weighted by Crippen LogP contribution is -2.45. The van der Waals surface area contributed by atoms with Crippen molar-refractivity contribution in [2.75, 3.05) is 55.7 Å². The summed E-state index contributed by atoms with van der Waals surface area (Å²) in [6.07, 6.45) is 4.16. The molecule has 2 aromatic rings. The molecular weight excluding hydrogens is 424 g/mol. The van der Waals surface area contributed by atoms with Gasteiger partial charge in [-0.15, -0.1) is 0 Å². The van der Waals surface area contributed by atoms with Crippen LogP contribution in [0.1, 0.15) is 42.6 Å². The van der Waals surface area contributed by atoms with Crippen LogP contribution in [0.15, 0.2) is 30.3 Å². The number of likely N-dealkylation sites (N-methyl/N-ethyl adjacent to an activating group) is 1. The predicted molar refractivity (Wildman–Crippen MR) is 129 cm³/mol. The number of anilines is 2. The zero-order chi connectivity index (χ0) is 22.6. The molecular formula is C23H34N6O2S. The van der Waals surface area contributed by atoms with Crippen molar-refractivity contribution in [1.29, 1.82) is 0 Å². The summed E-state index contributed by atoms with van der Waals surface area (Å²) in [5.74, 6) is 1.56. The molecule has 2 N–H and O–H groups in total. The Hall–Kier alpha value is -2.23. The van der Waals surface area contributed by atoms with E-state index in [1.807, 2.05) is 37.3 Å². The minimum absolute atomic E-state index is 0.00715. The van der Waals surface area contributed by atoms with Crippen molar-refractivity contribution in [2.45, 2.75) is 38.6 Å². The van der Waals surface area contributed by atoms with Crippen molar-refractivity contribution in [1.82, 2.24) is 19.6 Å². The van der Waals surface area contributed by atoms with Crippen molar-refractivity contribution in [2.24, 2.45) is 0 Å². The molecule has 1 aromatic carbocycles. The van der Waals surface area contributed by atoms with E-state index in [9.17, 15) is 8.42 Å². The highest BCUT2D eigenvalue weighted by Crippen LogP contribution is 2.28. The molecule has 0 saturated carbocycles. The van der Waals surface area contributed by atoms with E-state index in [0.717, 1.165) is 80.4 Å². The van der Waals surface area contributed by atoms with Crippen LogP contribution in [0.25, 0.3) is 0 Å². The van der Waals surface area contributed by atoms with E-state index in [2.05, 4.69) is 26.9 Å². The van der Waals surface area contributed by atoms with Crippen LogP contribution < -0.4 is 14.9 Å². The van der Waals surface area contributed by atoms with Crippen LogP contribution >= 0.6 is 0 Å². The maximum atomic E-state index is 12.6. The van der Waals surface area contributed by atoms with Gasteiger partial charge in [0, 0.05) is 44.3 Å². The van der Waals surface area contributed by atoms with E-state index >= 15 is 0 Å². The molecule has 1 aliphatic carbocycles. The number of piperazine rings is 1. The van der Waals surface area contributed by atoms with Crippen molar-refractivity contribution >= 4 is 21.8 Å². The van der Waals surface area contributed by atoms with Crippen LogP contribution in [-0.4, -0.2) is 68.8 Å². The fourth-order valence-corrected chi connectivity index (χ4v) is 5.48. The van der Waals surface area contributed by atoms with Crippen molar-refractivity contribution in [3.05, 3.63) is 47.2 Å². The van der Waals surface area contributed by atoms with Gasteiger partial charge in [0.15, 0.2) is 0 Å². The molecule has 9 heteroatoms. The molecule has 1 aliphatic heterocycles. The van der Waals surface area contributed by atoms with E-state index in [-0.39, 0.29) is 11.8 Å². The van der Waals surface area contributed by atoms with Gasteiger partial charge >= 0.3 is 0 Å². The number of hydrogen-bond donors (Lipinski definition) is 2. The maximum Gasteiger partial charge on any atom is 0.227 e. The van der Waals surface area contributed by atoms with Crippen molar-refractivity contribution < 1.29 is 8.42 Å². The SMILES string of the molecule is CC(NS(=O)(=O)CCNc1nc(N2CCN(C)CC2)nc2c1CCCC2)c1ccccc1. The van der Waals surface area contributed by atoms with Gasteiger partial charge in [0.25, 0.3) is 0 Å². The number of nitrogens with one attached hydrogen (secondary N) is 2. The van der Waals surface area contributed by atoms with E-state index in [1.54, 1.807) is 0 Å². The lowest BCUT2D eigenvalue weighted by molar-refractivity contribution is 0.311. The number of fused-ring (bicyclic) bond motifs is 1. The number of nitrogens with zero attached hydrogens (tertiary/aromatic N) is 4. The zero-order valence-corrected chi connectivity index (χ0v) is 19.9. The highest BCUT2D eigenvalue weighted by molar-refractivity contribution is 7.89. The summed E-state index contributed by atoms with van der Waals surface area (Å²) < 4.78 is 28.1. The Kier molecular flexibility index (Phi) is 7.27. The number of benzene rings is 1. The molecule has 174 valence electrons. The fraction of sp³-hybridized carbons (Fsp3) is 0.565. The van der Waals surface area contributed by atoms with E-state index < -0.39 is 10.0 Å². The molecule has 1 fully saturated rings. The molecule has 2 aliphatic rings. The molecule has 1 saturated heterocycles. The first-order chi connectivity index (χ1) is 15.4. The molecule has 0 spiro atoms. The normalized spacial score (nSPS) is 18.2. The molecule has 0 radical (unpaired) electrons. The quantitative estimate of drug-likeness (QED) is 0.627. The summed E-state index contributed by atoms with van der Waals surface area (Å²) in [6.45, 7) is 5.97. The Morgan fingerprint density at radius 1 is 1.03 bits per heavy atom. The highest BCUT2D eigenvalue weighted by atomic mass is 32.2. The van der Waals surface area contributed by atoms with Crippen LogP contribution in [0.2, 0.25) is 0 Å². The van der Waals surface area contributed by atoms with Crippen LogP contribution in [0.4, 0.5) is 11.8 Å². The van der Waals surface area contributed by atoms with Crippen LogP contribution in [-0.2, 0) is 22.9 Å². The predicted octanol–water partition coefficient (Wildman–Crippen LogP) is 2.20. The molecule has 32 heavy (non-hydrogen) atoms. The molecule has 0 bridgehead atoms. The number of sulfonamides is 1. The molecule has 4 rings (SSSR count). The Morgan fingerprint density at radius 2 is 1.75 bits per heavy atom. The van der Waals surface area contributed by atoms with Crippen LogP contribution in [0, 0.1) is 0 Å². The molecule has 2 heterocycles. The van der Waals surface area contributed by atoms with E-state index in [0.29, 0.717) is 6.54 Å². The Labute approximate surface area is 191 Å². The van der Waals surface area contributed by atoms with Crippen molar-refractivity contribution in [3.63, 3.8) is 0 Å². The lowest BCUT2D eigenvalue weighted by atomic mass is 9.96. The summed E-state index contributed by atoms with van der Waals surface area (Å²) in [5.41, 5.74) is 3.21. The second-order valence-electron chi connectivity index (χ2n) is 8.79. The van der Waals surface area contributed by atoms with Gasteiger partial charge in [-0.05, 0) is 45.2 Å². The Balaban J connectivity index is 1.42. The van der Waals surface area contributed by atoms with Gasteiger partial charge in [0.05, 0.1) is 11.4 Å². The van der Waals surface area contributed by atoms with Gasteiger partial charge in [0.2, 0.25) is 16.0 Å². The third-order valence-electron chi connectivity index (χ3n) is 6.28. The first kappa shape index (κ1) is 22.9. The maximum absolute atomic E-state index is 12.6. The monoisotopic (exact) mass is 458 g/mol. The van der Waals surface area contributed by atoms with E-state index in [4.69, 9.17) is 9.97 Å². The molecule has 1 aromatic heterocycles. The molecule has 1 atom stereocenters. The number of aromatic nitrogens is 2. The van der Waals surface area contributed by atoms with Gasteiger partial charge in [-0.1, -0.05) is 30.3 Å². The zero-order valence-electron chi connectivity index (χ0n) is 19.0. The Morgan fingerprint density at radius 3 is 2.50 bits per heavy atom. The first-order valence-corrected chi connectivity index (χ1v) is 13.2. The minimum atomic E-state index is -3.43. The number of rotatable bonds is 8. The molecule has 8 nitrogen and oxygen atoms in total. The smallest absolute Gasteiger partial charge is 0.227 e. The Bertz CT molecular complexity index is 1010. The topological polar surface area (TPSA) is 90.5 Å². The summed E-state index contributed by atoms with van der Waals surface area (Å²) in [5, 5.41) is 3.32. The number of aryl methyl sites for hydroxylation is 1. The second kappa shape index (κ2) is 10.1. The first-order valence-electron chi connectivity index (χ1n) is 11.5. The summed E-state index contributed by atoms with van der Waals surface area (Å²) in [6, 6.07) is 9.34. The number of hydrogen-bond acceptors (Lipinski definition) is 7. The minimum Gasteiger partial charge on any atom is -0.369 e.